The van der Waals surface area contributed by atoms with E-state index in [2.05, 4.69) is 22.1 Å². The van der Waals surface area contributed by atoms with Gasteiger partial charge in [-0.25, -0.2) is 0 Å². The minimum Gasteiger partial charge on any atom is -0.495 e. The number of benzene rings is 3. The molecule has 4 rings (SSSR count). The largest absolute Gasteiger partial charge is 0.495 e. The number of aromatic nitrogens is 1. The van der Waals surface area contributed by atoms with E-state index in [1.54, 1.807) is 19.2 Å². The van der Waals surface area contributed by atoms with Crippen LogP contribution in [-0.2, 0) is 6.42 Å². The van der Waals surface area contributed by atoms with Gasteiger partial charge in [0.05, 0.1) is 37.5 Å². The molecule has 3 aromatic carbocycles. The topological polar surface area (TPSA) is 83.6 Å². The summed E-state index contributed by atoms with van der Waals surface area (Å²) >= 11 is 0. The highest BCUT2D eigenvalue weighted by Crippen LogP contribution is 2.23. The molecule has 0 unspecified atom stereocenters. The number of hydrogen-bond acceptors (Lipinski definition) is 4. The van der Waals surface area contributed by atoms with Crippen LogP contribution in [0.5, 0.6) is 11.5 Å². The van der Waals surface area contributed by atoms with Gasteiger partial charge >= 0.3 is 0 Å². The third kappa shape index (κ3) is 5.88. The van der Waals surface area contributed by atoms with Gasteiger partial charge in [-0.1, -0.05) is 49.1 Å². The van der Waals surface area contributed by atoms with Crippen LogP contribution in [-0.4, -0.2) is 42.4 Å². The van der Waals surface area contributed by atoms with E-state index in [1.807, 2.05) is 67.7 Å². The maximum Gasteiger partial charge on any atom is 0.255 e. The molecule has 0 fully saturated rings. The summed E-state index contributed by atoms with van der Waals surface area (Å²) in [6.07, 6.45) is 3.23. The Bertz CT molecular complexity index is 1400. The van der Waals surface area contributed by atoms with Gasteiger partial charge in [0.15, 0.2) is 0 Å². The standard InChI is InChI=1S/C30H30N2O4/c1-3-16-36-29-15-13-21(12-14-22-8-4-7-11-28(22)35-2)17-26(29)30(34)32-24(20-33)18-23-19-31-27-10-6-5-9-25(23)27/h4-11,13,15,17,19,24,31,33H,3,16,18,20H2,1-2H3,(H,32,34)/t24-/m1/s1. The van der Waals surface area contributed by atoms with E-state index in [-0.39, 0.29) is 12.5 Å². The quantitative estimate of drug-likeness (QED) is 0.302. The van der Waals surface area contributed by atoms with Crippen molar-refractivity contribution >= 4 is 16.8 Å². The van der Waals surface area contributed by atoms with Crippen molar-refractivity contribution in [2.75, 3.05) is 20.3 Å². The molecular formula is C30H30N2O4. The summed E-state index contributed by atoms with van der Waals surface area (Å²) in [5.74, 6) is 7.09. The van der Waals surface area contributed by atoms with Gasteiger partial charge in [0.2, 0.25) is 0 Å². The number of para-hydroxylation sites is 2. The van der Waals surface area contributed by atoms with Crippen molar-refractivity contribution in [3.8, 4) is 23.3 Å². The van der Waals surface area contributed by atoms with Crippen molar-refractivity contribution in [3.05, 3.63) is 95.2 Å². The average Bonchev–Trinajstić information content (AvgIpc) is 3.33. The number of aliphatic hydroxyl groups is 1. The molecule has 1 amide bonds. The monoisotopic (exact) mass is 482 g/mol. The van der Waals surface area contributed by atoms with Crippen LogP contribution in [0, 0.1) is 11.8 Å². The third-order valence-corrected chi connectivity index (χ3v) is 5.83. The van der Waals surface area contributed by atoms with Crippen LogP contribution in [0.1, 0.15) is 40.4 Å². The summed E-state index contributed by atoms with van der Waals surface area (Å²) in [6.45, 7) is 2.31. The van der Waals surface area contributed by atoms with Crippen LogP contribution < -0.4 is 14.8 Å². The molecule has 0 aliphatic heterocycles. The number of amides is 1. The Morgan fingerprint density at radius 1 is 1.06 bits per heavy atom. The molecule has 1 atom stereocenters. The zero-order chi connectivity index (χ0) is 25.3. The average molecular weight is 483 g/mol. The molecule has 0 aliphatic carbocycles. The number of nitrogens with one attached hydrogen (secondary N) is 2. The van der Waals surface area contributed by atoms with Crippen LogP contribution in [0.4, 0.5) is 0 Å². The van der Waals surface area contributed by atoms with Gasteiger partial charge < -0.3 is 24.9 Å². The molecule has 0 saturated carbocycles. The fourth-order valence-electron chi connectivity index (χ4n) is 4.00. The van der Waals surface area contributed by atoms with E-state index >= 15 is 0 Å². The van der Waals surface area contributed by atoms with Gasteiger partial charge in [-0.05, 0) is 54.8 Å². The molecule has 4 aromatic rings. The van der Waals surface area contributed by atoms with Gasteiger partial charge in [-0.3, -0.25) is 4.79 Å². The highest BCUT2D eigenvalue weighted by atomic mass is 16.5. The smallest absolute Gasteiger partial charge is 0.255 e. The minimum atomic E-state index is -0.459. The molecule has 36 heavy (non-hydrogen) atoms. The van der Waals surface area contributed by atoms with Crippen molar-refractivity contribution in [3.63, 3.8) is 0 Å². The highest BCUT2D eigenvalue weighted by Gasteiger charge is 2.19. The number of methoxy groups -OCH3 is 1. The Morgan fingerprint density at radius 3 is 2.67 bits per heavy atom. The Hall–Kier alpha value is -4.21. The van der Waals surface area contributed by atoms with E-state index in [0.29, 0.717) is 35.7 Å². The van der Waals surface area contributed by atoms with Crippen LogP contribution in [0.15, 0.2) is 72.9 Å². The Balaban J connectivity index is 1.58. The van der Waals surface area contributed by atoms with Gasteiger partial charge in [0, 0.05) is 22.7 Å². The molecule has 6 heteroatoms. The number of carbonyl (C=O) groups excluding carboxylic acids is 1. The van der Waals surface area contributed by atoms with E-state index < -0.39 is 6.04 Å². The van der Waals surface area contributed by atoms with E-state index in [4.69, 9.17) is 9.47 Å². The number of aromatic amines is 1. The predicted molar refractivity (Wildman–Crippen MR) is 142 cm³/mol. The number of hydrogen-bond donors (Lipinski definition) is 3. The molecule has 6 nitrogen and oxygen atoms in total. The number of fused-ring (bicyclic) bond motifs is 1. The summed E-state index contributed by atoms with van der Waals surface area (Å²) in [4.78, 5) is 16.6. The molecule has 0 aliphatic rings. The maximum absolute atomic E-state index is 13.3. The van der Waals surface area contributed by atoms with Gasteiger partial charge in [0.1, 0.15) is 11.5 Å². The van der Waals surface area contributed by atoms with Crippen LogP contribution in [0.3, 0.4) is 0 Å². The Kier molecular flexibility index (Phi) is 8.28. The van der Waals surface area contributed by atoms with E-state index in [1.165, 1.54) is 0 Å². The lowest BCUT2D eigenvalue weighted by atomic mass is 10.0. The second-order valence-electron chi connectivity index (χ2n) is 8.43. The molecule has 3 N–H and O–H groups in total. The van der Waals surface area contributed by atoms with Crippen LogP contribution in [0.25, 0.3) is 10.9 Å². The zero-order valence-electron chi connectivity index (χ0n) is 20.5. The number of ether oxygens (including phenoxy) is 2. The maximum atomic E-state index is 13.3. The number of rotatable bonds is 9. The molecule has 0 bridgehead atoms. The Labute approximate surface area is 211 Å². The SMILES string of the molecule is CCCOc1ccc(C#Cc2ccccc2OC)cc1C(=O)N[C@@H](CO)Cc1c[nH]c2ccccc12. The molecular weight excluding hydrogens is 452 g/mol. The third-order valence-electron chi connectivity index (χ3n) is 5.83. The van der Waals surface area contributed by atoms with Gasteiger partial charge in [0.25, 0.3) is 5.91 Å². The lowest BCUT2D eigenvalue weighted by Gasteiger charge is -2.18. The number of aliphatic hydroxyl groups excluding tert-OH is 1. The van der Waals surface area contributed by atoms with Gasteiger partial charge in [-0.2, -0.15) is 0 Å². The summed E-state index contributed by atoms with van der Waals surface area (Å²) in [6, 6.07) is 20.4. The first-order chi connectivity index (χ1) is 17.6. The normalized spacial score (nSPS) is 11.4. The highest BCUT2D eigenvalue weighted by molar-refractivity contribution is 5.97. The number of carbonyl (C=O) groups is 1. The second kappa shape index (κ2) is 12.0. The lowest BCUT2D eigenvalue weighted by molar-refractivity contribution is 0.0912. The van der Waals surface area contributed by atoms with Crippen molar-refractivity contribution in [1.82, 2.24) is 10.3 Å². The first kappa shape index (κ1) is 24.9. The van der Waals surface area contributed by atoms with Crippen molar-refractivity contribution < 1.29 is 19.4 Å². The molecule has 1 heterocycles. The fourth-order valence-corrected chi connectivity index (χ4v) is 4.00. The second-order valence-corrected chi connectivity index (χ2v) is 8.43. The van der Waals surface area contributed by atoms with Gasteiger partial charge in [-0.15, -0.1) is 0 Å². The summed E-state index contributed by atoms with van der Waals surface area (Å²) < 4.78 is 11.2. The summed E-state index contributed by atoms with van der Waals surface area (Å²) in [7, 11) is 1.61. The van der Waals surface area contributed by atoms with Crippen molar-refractivity contribution in [2.24, 2.45) is 0 Å². The van der Waals surface area contributed by atoms with E-state index in [9.17, 15) is 9.90 Å². The van der Waals surface area contributed by atoms with Crippen LogP contribution in [0.2, 0.25) is 0 Å². The van der Waals surface area contributed by atoms with Crippen molar-refractivity contribution in [2.45, 2.75) is 25.8 Å². The first-order valence-electron chi connectivity index (χ1n) is 12.0. The molecule has 184 valence electrons. The number of H-pyrrole nitrogens is 1. The lowest BCUT2D eigenvalue weighted by Crippen LogP contribution is -2.39. The molecule has 1 aromatic heterocycles. The predicted octanol–water partition coefficient (Wildman–Crippen LogP) is 4.70. The first-order valence-corrected chi connectivity index (χ1v) is 12.0. The zero-order valence-corrected chi connectivity index (χ0v) is 20.5. The molecule has 0 saturated heterocycles. The van der Waals surface area contributed by atoms with Crippen LogP contribution >= 0.6 is 0 Å². The van der Waals surface area contributed by atoms with Crippen molar-refractivity contribution in [1.29, 1.82) is 0 Å². The minimum absolute atomic E-state index is 0.191. The molecule has 0 radical (unpaired) electrons. The molecule has 0 spiro atoms. The van der Waals surface area contributed by atoms with E-state index in [0.717, 1.165) is 28.5 Å². The Morgan fingerprint density at radius 2 is 1.86 bits per heavy atom. The summed E-state index contributed by atoms with van der Waals surface area (Å²) in [5.41, 5.74) is 3.87. The fraction of sp³-hybridized carbons (Fsp3) is 0.233. The summed E-state index contributed by atoms with van der Waals surface area (Å²) in [5, 5.41) is 14.1.